The number of carboxylic acid groups (broad SMARTS) is 1. The molecule has 1 aliphatic carbocycles. The van der Waals surface area contributed by atoms with Gasteiger partial charge in [-0.3, -0.25) is 14.5 Å². The van der Waals surface area contributed by atoms with Crippen molar-refractivity contribution in [3.63, 3.8) is 0 Å². The molecule has 1 saturated heterocycles. The van der Waals surface area contributed by atoms with Gasteiger partial charge in [0.1, 0.15) is 6.04 Å². The minimum absolute atomic E-state index is 0.157. The predicted molar refractivity (Wildman–Crippen MR) is 95.5 cm³/mol. The van der Waals surface area contributed by atoms with Gasteiger partial charge in [-0.1, -0.05) is 30.3 Å². The highest BCUT2D eigenvalue weighted by Gasteiger charge is 2.34. The number of hydrogen-bond acceptors (Lipinski definition) is 4. The molecule has 1 heterocycles. The molecule has 0 spiro atoms. The van der Waals surface area contributed by atoms with Crippen LogP contribution in [0.15, 0.2) is 30.3 Å². The molecule has 26 heavy (non-hydrogen) atoms. The standard InChI is InChI=1S/C19H25N3O4/c23-17(20-16(19(25)26)12-14-4-2-1-3-5-14)13-21-8-10-22(11-9-21)18(24)15-6-7-15/h1-5,15-16H,6-13H2,(H,20,23)(H,25,26)/t16-/m0/s1. The van der Waals surface area contributed by atoms with E-state index in [9.17, 15) is 19.5 Å². The zero-order chi connectivity index (χ0) is 18.5. The fraction of sp³-hybridized carbons (Fsp3) is 0.526. The lowest BCUT2D eigenvalue weighted by atomic mass is 10.1. The average Bonchev–Trinajstić information content (AvgIpc) is 3.47. The Morgan fingerprint density at radius 2 is 1.73 bits per heavy atom. The lowest BCUT2D eigenvalue weighted by Crippen LogP contribution is -2.53. The van der Waals surface area contributed by atoms with Crippen molar-refractivity contribution in [2.75, 3.05) is 32.7 Å². The zero-order valence-corrected chi connectivity index (χ0v) is 14.8. The van der Waals surface area contributed by atoms with Gasteiger partial charge in [0, 0.05) is 38.5 Å². The van der Waals surface area contributed by atoms with Crippen LogP contribution in [0.1, 0.15) is 18.4 Å². The van der Waals surface area contributed by atoms with Crippen LogP contribution in [0, 0.1) is 5.92 Å². The van der Waals surface area contributed by atoms with Gasteiger partial charge < -0.3 is 15.3 Å². The maximum atomic E-state index is 12.3. The third-order valence-electron chi connectivity index (χ3n) is 4.89. The van der Waals surface area contributed by atoms with Crippen molar-refractivity contribution >= 4 is 17.8 Å². The summed E-state index contributed by atoms with van der Waals surface area (Å²) < 4.78 is 0. The van der Waals surface area contributed by atoms with Gasteiger partial charge in [-0.2, -0.15) is 0 Å². The Bertz CT molecular complexity index is 652. The van der Waals surface area contributed by atoms with Gasteiger partial charge in [0.25, 0.3) is 0 Å². The van der Waals surface area contributed by atoms with E-state index >= 15 is 0 Å². The van der Waals surface area contributed by atoms with Crippen LogP contribution in [0.2, 0.25) is 0 Å². The first-order valence-corrected chi connectivity index (χ1v) is 9.10. The van der Waals surface area contributed by atoms with Crippen LogP contribution >= 0.6 is 0 Å². The number of nitrogens with one attached hydrogen (secondary N) is 1. The first-order valence-electron chi connectivity index (χ1n) is 9.10. The second-order valence-electron chi connectivity index (χ2n) is 7.02. The van der Waals surface area contributed by atoms with Crippen LogP contribution in [-0.4, -0.2) is 71.5 Å². The number of carbonyl (C=O) groups excluding carboxylic acids is 2. The molecule has 0 radical (unpaired) electrons. The SMILES string of the molecule is O=C(CN1CCN(C(=O)C2CC2)CC1)N[C@@H](Cc1ccccc1)C(=O)O. The van der Waals surface area contributed by atoms with Gasteiger partial charge in [0.05, 0.1) is 6.54 Å². The molecule has 2 fully saturated rings. The van der Waals surface area contributed by atoms with Crippen molar-refractivity contribution < 1.29 is 19.5 Å². The molecule has 2 amide bonds. The molecular formula is C19H25N3O4. The highest BCUT2D eigenvalue weighted by atomic mass is 16.4. The molecular weight excluding hydrogens is 334 g/mol. The Morgan fingerprint density at radius 3 is 2.31 bits per heavy atom. The molecule has 0 unspecified atom stereocenters. The van der Waals surface area contributed by atoms with Crippen LogP contribution in [0.25, 0.3) is 0 Å². The molecule has 2 N–H and O–H groups in total. The Hall–Kier alpha value is -2.41. The third-order valence-corrected chi connectivity index (χ3v) is 4.89. The second-order valence-corrected chi connectivity index (χ2v) is 7.02. The molecule has 7 heteroatoms. The minimum atomic E-state index is -1.04. The molecule has 1 saturated carbocycles. The van der Waals surface area contributed by atoms with E-state index < -0.39 is 12.0 Å². The van der Waals surface area contributed by atoms with Gasteiger partial charge in [-0.05, 0) is 18.4 Å². The number of amides is 2. The lowest BCUT2D eigenvalue weighted by Gasteiger charge is -2.34. The average molecular weight is 359 g/mol. The molecule has 1 aliphatic heterocycles. The Morgan fingerprint density at radius 1 is 1.08 bits per heavy atom. The normalized spacial score (nSPS) is 19.0. The second kappa shape index (κ2) is 8.31. The molecule has 0 aromatic heterocycles. The lowest BCUT2D eigenvalue weighted by molar-refractivity contribution is -0.142. The monoisotopic (exact) mass is 359 g/mol. The first kappa shape index (κ1) is 18.4. The number of carboxylic acids is 1. The number of hydrogen-bond donors (Lipinski definition) is 2. The quantitative estimate of drug-likeness (QED) is 0.733. The molecule has 1 aromatic rings. The van der Waals surface area contributed by atoms with Gasteiger partial charge in [-0.25, -0.2) is 4.79 Å². The summed E-state index contributed by atoms with van der Waals surface area (Å²) in [6.07, 6.45) is 2.25. The Kier molecular flexibility index (Phi) is 5.88. The maximum Gasteiger partial charge on any atom is 0.326 e. The maximum absolute atomic E-state index is 12.3. The number of piperazine rings is 1. The number of benzene rings is 1. The fourth-order valence-corrected chi connectivity index (χ4v) is 3.21. The summed E-state index contributed by atoms with van der Waals surface area (Å²) in [5, 5.41) is 12.0. The topological polar surface area (TPSA) is 90.0 Å². The molecule has 1 atom stereocenters. The van der Waals surface area contributed by atoms with Gasteiger partial charge in [0.2, 0.25) is 11.8 Å². The van der Waals surface area contributed by atoms with E-state index in [-0.39, 0.29) is 30.7 Å². The van der Waals surface area contributed by atoms with Crippen LogP contribution in [-0.2, 0) is 20.8 Å². The fourth-order valence-electron chi connectivity index (χ4n) is 3.21. The highest BCUT2D eigenvalue weighted by Crippen LogP contribution is 2.31. The molecule has 7 nitrogen and oxygen atoms in total. The van der Waals surface area contributed by atoms with E-state index in [1.807, 2.05) is 40.1 Å². The molecule has 3 rings (SSSR count). The predicted octanol–water partition coefficient (Wildman–Crippen LogP) is 0.353. The van der Waals surface area contributed by atoms with Crippen LogP contribution < -0.4 is 5.32 Å². The van der Waals surface area contributed by atoms with E-state index in [2.05, 4.69) is 5.32 Å². The molecule has 2 aliphatic rings. The van der Waals surface area contributed by atoms with Crippen LogP contribution in [0.3, 0.4) is 0 Å². The Balaban J connectivity index is 1.45. The molecule has 1 aromatic carbocycles. The van der Waals surface area contributed by atoms with Crippen molar-refractivity contribution in [3.05, 3.63) is 35.9 Å². The smallest absolute Gasteiger partial charge is 0.326 e. The van der Waals surface area contributed by atoms with Crippen LogP contribution in [0.5, 0.6) is 0 Å². The highest BCUT2D eigenvalue weighted by molar-refractivity contribution is 5.85. The van der Waals surface area contributed by atoms with Crippen LogP contribution in [0.4, 0.5) is 0 Å². The van der Waals surface area contributed by atoms with Crippen molar-refractivity contribution in [1.29, 1.82) is 0 Å². The number of carbonyl (C=O) groups is 3. The van der Waals surface area contributed by atoms with Crippen molar-refractivity contribution in [3.8, 4) is 0 Å². The van der Waals surface area contributed by atoms with Gasteiger partial charge in [-0.15, -0.1) is 0 Å². The van der Waals surface area contributed by atoms with E-state index in [0.717, 1.165) is 18.4 Å². The van der Waals surface area contributed by atoms with Crippen molar-refractivity contribution in [2.24, 2.45) is 5.92 Å². The summed E-state index contributed by atoms with van der Waals surface area (Å²) in [5.41, 5.74) is 0.868. The summed E-state index contributed by atoms with van der Waals surface area (Å²) in [4.78, 5) is 39.6. The summed E-state index contributed by atoms with van der Waals surface area (Å²) in [5.74, 6) is -0.876. The number of aliphatic carboxylic acids is 1. The zero-order valence-electron chi connectivity index (χ0n) is 14.8. The molecule has 140 valence electrons. The van der Waals surface area contributed by atoms with Crippen molar-refractivity contribution in [1.82, 2.24) is 15.1 Å². The first-order chi connectivity index (χ1) is 12.5. The number of rotatable bonds is 7. The van der Waals surface area contributed by atoms with Gasteiger partial charge in [0.15, 0.2) is 0 Å². The van der Waals surface area contributed by atoms with E-state index in [1.165, 1.54) is 0 Å². The largest absolute Gasteiger partial charge is 0.480 e. The van der Waals surface area contributed by atoms with Gasteiger partial charge >= 0.3 is 5.97 Å². The third kappa shape index (κ3) is 5.05. The summed E-state index contributed by atoms with van der Waals surface area (Å²) >= 11 is 0. The summed E-state index contributed by atoms with van der Waals surface area (Å²) in [6.45, 7) is 2.71. The minimum Gasteiger partial charge on any atom is -0.480 e. The van der Waals surface area contributed by atoms with E-state index in [4.69, 9.17) is 0 Å². The summed E-state index contributed by atoms with van der Waals surface area (Å²) in [7, 11) is 0. The Labute approximate surface area is 153 Å². The van der Waals surface area contributed by atoms with E-state index in [0.29, 0.717) is 26.2 Å². The number of nitrogens with zero attached hydrogens (tertiary/aromatic N) is 2. The summed E-state index contributed by atoms with van der Waals surface area (Å²) in [6, 6.07) is 8.31. The van der Waals surface area contributed by atoms with Crippen molar-refractivity contribution in [2.45, 2.75) is 25.3 Å². The van der Waals surface area contributed by atoms with E-state index in [1.54, 1.807) is 0 Å². The molecule has 0 bridgehead atoms.